The standard InChI is InChI=1S/C16H16ClFN2O/c17-13-6-7-14(15(18)10-13)16(21)20(9-8-19)11-12-4-2-1-3-5-12/h1-7,10H,8-9,11,19H2. The van der Waals surface area contributed by atoms with E-state index in [1.807, 2.05) is 30.3 Å². The highest BCUT2D eigenvalue weighted by Gasteiger charge is 2.19. The highest BCUT2D eigenvalue weighted by atomic mass is 35.5. The van der Waals surface area contributed by atoms with Gasteiger partial charge in [0.1, 0.15) is 5.82 Å². The third kappa shape index (κ3) is 4.03. The molecule has 2 N–H and O–H groups in total. The number of amides is 1. The molecule has 0 aliphatic rings. The summed E-state index contributed by atoms with van der Waals surface area (Å²) in [4.78, 5) is 14.0. The summed E-state index contributed by atoms with van der Waals surface area (Å²) in [6, 6.07) is 13.5. The van der Waals surface area contributed by atoms with Crippen LogP contribution < -0.4 is 5.73 Å². The molecule has 0 bridgehead atoms. The van der Waals surface area contributed by atoms with Crippen LogP contribution in [0.15, 0.2) is 48.5 Å². The van der Waals surface area contributed by atoms with Crippen molar-refractivity contribution in [3.8, 4) is 0 Å². The van der Waals surface area contributed by atoms with Gasteiger partial charge in [0, 0.05) is 24.7 Å². The molecular weight excluding hydrogens is 291 g/mol. The quantitative estimate of drug-likeness (QED) is 0.922. The van der Waals surface area contributed by atoms with Gasteiger partial charge in [0.25, 0.3) is 5.91 Å². The minimum atomic E-state index is -0.623. The van der Waals surface area contributed by atoms with E-state index in [0.717, 1.165) is 11.6 Å². The molecule has 0 atom stereocenters. The molecular formula is C16H16ClFN2O. The van der Waals surface area contributed by atoms with Crippen LogP contribution in [0.4, 0.5) is 4.39 Å². The summed E-state index contributed by atoms with van der Waals surface area (Å²) >= 11 is 5.71. The molecule has 2 rings (SSSR count). The predicted molar refractivity (Wildman–Crippen MR) is 81.6 cm³/mol. The van der Waals surface area contributed by atoms with E-state index in [-0.39, 0.29) is 10.6 Å². The first-order valence-electron chi connectivity index (χ1n) is 6.60. The zero-order chi connectivity index (χ0) is 15.2. The summed E-state index contributed by atoms with van der Waals surface area (Å²) < 4.78 is 13.9. The summed E-state index contributed by atoms with van der Waals surface area (Å²) in [5, 5.41) is 0.262. The van der Waals surface area contributed by atoms with Crippen molar-refractivity contribution < 1.29 is 9.18 Å². The second-order valence-corrected chi connectivity index (χ2v) is 5.06. The lowest BCUT2D eigenvalue weighted by atomic mass is 10.1. The van der Waals surface area contributed by atoms with Gasteiger partial charge in [-0.25, -0.2) is 4.39 Å². The highest BCUT2D eigenvalue weighted by molar-refractivity contribution is 6.30. The van der Waals surface area contributed by atoms with E-state index in [1.165, 1.54) is 17.0 Å². The first-order chi connectivity index (χ1) is 10.1. The maximum atomic E-state index is 13.9. The van der Waals surface area contributed by atoms with Gasteiger partial charge >= 0.3 is 0 Å². The lowest BCUT2D eigenvalue weighted by Gasteiger charge is -2.22. The molecule has 5 heteroatoms. The van der Waals surface area contributed by atoms with Gasteiger partial charge in [0.15, 0.2) is 0 Å². The van der Waals surface area contributed by atoms with Crippen molar-refractivity contribution in [3.05, 3.63) is 70.5 Å². The number of nitrogens with zero attached hydrogens (tertiary/aromatic N) is 1. The van der Waals surface area contributed by atoms with E-state index < -0.39 is 11.7 Å². The molecule has 0 saturated carbocycles. The van der Waals surface area contributed by atoms with Gasteiger partial charge in [-0.05, 0) is 23.8 Å². The maximum Gasteiger partial charge on any atom is 0.257 e. The molecule has 110 valence electrons. The van der Waals surface area contributed by atoms with Gasteiger partial charge < -0.3 is 10.6 Å². The Morgan fingerprint density at radius 2 is 1.90 bits per heavy atom. The Hall–Kier alpha value is -1.91. The third-order valence-corrected chi connectivity index (χ3v) is 3.30. The zero-order valence-corrected chi connectivity index (χ0v) is 12.2. The van der Waals surface area contributed by atoms with Crippen LogP contribution in [0.2, 0.25) is 5.02 Å². The lowest BCUT2D eigenvalue weighted by Crippen LogP contribution is -2.35. The van der Waals surface area contributed by atoms with Gasteiger partial charge in [-0.2, -0.15) is 0 Å². The van der Waals surface area contributed by atoms with Crippen LogP contribution in [0.1, 0.15) is 15.9 Å². The third-order valence-electron chi connectivity index (χ3n) is 3.06. The summed E-state index contributed by atoms with van der Waals surface area (Å²) in [6.45, 7) is 1.06. The minimum Gasteiger partial charge on any atom is -0.333 e. The molecule has 2 aromatic rings. The molecule has 3 nitrogen and oxygen atoms in total. The average molecular weight is 307 g/mol. The van der Waals surface area contributed by atoms with E-state index in [4.69, 9.17) is 17.3 Å². The Bertz CT molecular complexity index is 619. The molecule has 0 aliphatic carbocycles. The number of carbonyl (C=O) groups excluding carboxylic acids is 1. The van der Waals surface area contributed by atoms with Crippen molar-refractivity contribution in [2.24, 2.45) is 5.73 Å². The molecule has 21 heavy (non-hydrogen) atoms. The van der Waals surface area contributed by atoms with Gasteiger partial charge in [-0.3, -0.25) is 4.79 Å². The molecule has 2 aromatic carbocycles. The Labute approximate surface area is 128 Å². The number of hydrogen-bond donors (Lipinski definition) is 1. The number of rotatable bonds is 5. The predicted octanol–water partition coefficient (Wildman–Crippen LogP) is 3.08. The van der Waals surface area contributed by atoms with Crippen LogP contribution in [0.5, 0.6) is 0 Å². The Balaban J connectivity index is 2.23. The van der Waals surface area contributed by atoms with Crippen LogP contribution >= 0.6 is 11.6 Å². The first kappa shape index (κ1) is 15.5. The van der Waals surface area contributed by atoms with Crippen molar-refractivity contribution in [2.45, 2.75) is 6.54 Å². The summed E-state index contributed by atoms with van der Waals surface area (Å²) in [7, 11) is 0. The molecule has 0 heterocycles. The molecule has 0 aliphatic heterocycles. The van der Waals surface area contributed by atoms with Crippen LogP contribution in [0.25, 0.3) is 0 Å². The van der Waals surface area contributed by atoms with Gasteiger partial charge in [-0.15, -0.1) is 0 Å². The fourth-order valence-corrected chi connectivity index (χ4v) is 2.20. The Kier molecular flexibility index (Phi) is 5.31. The molecule has 0 spiro atoms. The number of benzene rings is 2. The van der Waals surface area contributed by atoms with Crippen molar-refractivity contribution in [2.75, 3.05) is 13.1 Å². The van der Waals surface area contributed by atoms with Crippen LogP contribution in [-0.4, -0.2) is 23.9 Å². The van der Waals surface area contributed by atoms with Crippen LogP contribution in [0, 0.1) is 5.82 Å². The molecule has 0 unspecified atom stereocenters. The number of carbonyl (C=O) groups is 1. The van der Waals surface area contributed by atoms with E-state index in [0.29, 0.717) is 19.6 Å². The normalized spacial score (nSPS) is 10.4. The molecule has 0 fully saturated rings. The van der Waals surface area contributed by atoms with Gasteiger partial charge in [0.2, 0.25) is 0 Å². The average Bonchev–Trinajstić information content (AvgIpc) is 2.47. The first-order valence-corrected chi connectivity index (χ1v) is 6.98. The Morgan fingerprint density at radius 3 is 2.52 bits per heavy atom. The van der Waals surface area contributed by atoms with Crippen molar-refractivity contribution in [1.29, 1.82) is 0 Å². The summed E-state index contributed by atoms with van der Waals surface area (Å²) in [5.41, 5.74) is 6.52. The summed E-state index contributed by atoms with van der Waals surface area (Å²) in [5.74, 6) is -1.01. The highest BCUT2D eigenvalue weighted by Crippen LogP contribution is 2.17. The second-order valence-electron chi connectivity index (χ2n) is 4.63. The number of halogens is 2. The molecule has 0 radical (unpaired) electrons. The fraction of sp³-hybridized carbons (Fsp3) is 0.188. The number of nitrogens with two attached hydrogens (primary N) is 1. The maximum absolute atomic E-state index is 13.9. The molecule has 0 aromatic heterocycles. The van der Waals surface area contributed by atoms with Crippen molar-refractivity contribution in [3.63, 3.8) is 0 Å². The van der Waals surface area contributed by atoms with E-state index in [9.17, 15) is 9.18 Å². The second kappa shape index (κ2) is 7.20. The lowest BCUT2D eigenvalue weighted by molar-refractivity contribution is 0.0743. The molecule has 0 saturated heterocycles. The van der Waals surface area contributed by atoms with Gasteiger partial charge in [0.05, 0.1) is 5.56 Å². The van der Waals surface area contributed by atoms with Crippen molar-refractivity contribution in [1.82, 2.24) is 4.90 Å². The largest absolute Gasteiger partial charge is 0.333 e. The minimum absolute atomic E-state index is 0.00350. The SMILES string of the molecule is NCCN(Cc1ccccc1)C(=O)c1ccc(Cl)cc1F. The number of hydrogen-bond acceptors (Lipinski definition) is 2. The Morgan fingerprint density at radius 1 is 1.19 bits per heavy atom. The van der Waals surface area contributed by atoms with E-state index in [2.05, 4.69) is 0 Å². The fourth-order valence-electron chi connectivity index (χ4n) is 2.05. The smallest absolute Gasteiger partial charge is 0.257 e. The van der Waals surface area contributed by atoms with Crippen LogP contribution in [-0.2, 0) is 6.54 Å². The van der Waals surface area contributed by atoms with Gasteiger partial charge in [-0.1, -0.05) is 41.9 Å². The molecule has 1 amide bonds. The topological polar surface area (TPSA) is 46.3 Å². The van der Waals surface area contributed by atoms with E-state index in [1.54, 1.807) is 0 Å². The van der Waals surface area contributed by atoms with Crippen LogP contribution in [0.3, 0.4) is 0 Å². The monoisotopic (exact) mass is 306 g/mol. The van der Waals surface area contributed by atoms with Crippen molar-refractivity contribution >= 4 is 17.5 Å². The van der Waals surface area contributed by atoms with E-state index >= 15 is 0 Å². The zero-order valence-electron chi connectivity index (χ0n) is 11.4. The summed E-state index contributed by atoms with van der Waals surface area (Å²) in [6.07, 6.45) is 0.